The second-order valence-electron chi connectivity index (χ2n) is 5.37. The minimum atomic E-state index is -0.351. The van der Waals surface area contributed by atoms with Gasteiger partial charge in [-0.05, 0) is 45.9 Å². The molecule has 0 saturated carbocycles. The second kappa shape index (κ2) is 4.69. The average Bonchev–Trinajstić information content (AvgIpc) is 2.45. The van der Waals surface area contributed by atoms with Crippen molar-refractivity contribution in [3.05, 3.63) is 35.0 Å². The molecule has 1 aliphatic heterocycles. The molecule has 2 heterocycles. The fraction of sp³-hybridized carbons (Fsp3) is 0.462. The van der Waals surface area contributed by atoms with Crippen LogP contribution in [0.25, 0.3) is 6.08 Å². The van der Waals surface area contributed by atoms with Gasteiger partial charge in [0.15, 0.2) is 0 Å². The van der Waals surface area contributed by atoms with Gasteiger partial charge in [-0.15, -0.1) is 0 Å². The average molecular weight is 266 g/mol. The molecule has 1 saturated heterocycles. The summed E-state index contributed by atoms with van der Waals surface area (Å²) < 4.78 is 11.7. The van der Waals surface area contributed by atoms with E-state index in [1.54, 1.807) is 6.07 Å². The molecule has 96 valence electrons. The van der Waals surface area contributed by atoms with Crippen LogP contribution in [0.5, 0.6) is 0 Å². The zero-order chi connectivity index (χ0) is 13.4. The Morgan fingerprint density at radius 3 is 2.33 bits per heavy atom. The molecule has 1 aromatic heterocycles. The van der Waals surface area contributed by atoms with Gasteiger partial charge in [0.25, 0.3) is 0 Å². The van der Waals surface area contributed by atoms with Crippen molar-refractivity contribution >= 4 is 24.8 Å². The minimum absolute atomic E-state index is 0.316. The first-order valence-corrected chi connectivity index (χ1v) is 6.34. The van der Waals surface area contributed by atoms with E-state index in [1.165, 1.54) is 0 Å². The summed E-state index contributed by atoms with van der Waals surface area (Å²) in [6, 6.07) is 5.49. The van der Waals surface area contributed by atoms with Crippen LogP contribution in [-0.2, 0) is 9.31 Å². The van der Waals surface area contributed by atoms with E-state index in [2.05, 4.69) is 4.98 Å². The molecule has 1 fully saturated rings. The van der Waals surface area contributed by atoms with Crippen LogP contribution in [0.3, 0.4) is 0 Å². The fourth-order valence-electron chi connectivity index (χ4n) is 1.66. The van der Waals surface area contributed by atoms with Gasteiger partial charge in [-0.2, -0.15) is 0 Å². The third-order valence-corrected chi connectivity index (χ3v) is 3.64. The first-order valence-electron chi connectivity index (χ1n) is 5.97. The summed E-state index contributed by atoms with van der Waals surface area (Å²) >= 11 is 5.82. The predicted molar refractivity (Wildman–Crippen MR) is 74.4 cm³/mol. The lowest BCUT2D eigenvalue weighted by Gasteiger charge is -2.32. The number of hydrogen-bond donors (Lipinski definition) is 0. The van der Waals surface area contributed by atoms with Crippen molar-refractivity contribution in [2.24, 2.45) is 0 Å². The van der Waals surface area contributed by atoms with E-state index in [-0.39, 0.29) is 18.3 Å². The van der Waals surface area contributed by atoms with Crippen molar-refractivity contribution in [3.8, 4) is 0 Å². The molecule has 0 aliphatic carbocycles. The van der Waals surface area contributed by atoms with Crippen LogP contribution in [0, 0.1) is 0 Å². The van der Waals surface area contributed by atoms with Crippen LogP contribution in [0.2, 0.25) is 5.15 Å². The van der Waals surface area contributed by atoms with Crippen molar-refractivity contribution in [1.82, 2.24) is 4.98 Å². The Bertz CT molecular complexity index is 458. The van der Waals surface area contributed by atoms with E-state index in [0.29, 0.717) is 5.15 Å². The van der Waals surface area contributed by atoms with Crippen molar-refractivity contribution < 1.29 is 9.31 Å². The Kier molecular flexibility index (Phi) is 3.54. The lowest BCUT2D eigenvalue weighted by atomic mass is 9.90. The molecule has 0 bridgehead atoms. The Hall–Kier alpha value is -0.835. The molecule has 1 aliphatic rings. The van der Waals surface area contributed by atoms with Gasteiger partial charge < -0.3 is 9.31 Å². The van der Waals surface area contributed by atoms with Crippen molar-refractivity contribution in [3.63, 3.8) is 0 Å². The van der Waals surface area contributed by atoms with Crippen molar-refractivity contribution in [1.29, 1.82) is 0 Å². The maximum absolute atomic E-state index is 5.85. The van der Waals surface area contributed by atoms with E-state index in [0.717, 1.165) is 5.69 Å². The maximum atomic E-state index is 5.85. The lowest BCUT2D eigenvalue weighted by Crippen LogP contribution is -2.41. The third-order valence-electron chi connectivity index (χ3n) is 3.43. The van der Waals surface area contributed by atoms with Crippen LogP contribution in [0.15, 0.2) is 24.2 Å². The van der Waals surface area contributed by atoms with E-state index in [4.69, 9.17) is 20.9 Å². The van der Waals surface area contributed by atoms with E-state index in [1.807, 2.05) is 51.9 Å². The van der Waals surface area contributed by atoms with Crippen LogP contribution in [0.1, 0.15) is 33.4 Å². The Balaban J connectivity index is 2.08. The minimum Gasteiger partial charge on any atom is -0.400 e. The standard InChI is InChI=1S/C13H17BClNO2/c1-12(2)13(3,4)18-14(17-12)9-8-10-6-5-7-11(15)16-10/h5-9H,1-4H3/b9-8+. The largest absolute Gasteiger partial charge is 0.487 e. The molecule has 2 rings (SSSR count). The van der Waals surface area contributed by atoms with Gasteiger partial charge in [0, 0.05) is 0 Å². The van der Waals surface area contributed by atoms with Crippen molar-refractivity contribution in [2.45, 2.75) is 38.9 Å². The molecule has 0 amide bonds. The summed E-state index contributed by atoms with van der Waals surface area (Å²) in [6.45, 7) is 8.11. The van der Waals surface area contributed by atoms with Gasteiger partial charge in [-0.25, -0.2) is 4.98 Å². The zero-order valence-electron chi connectivity index (χ0n) is 11.1. The molecule has 0 radical (unpaired) electrons. The van der Waals surface area contributed by atoms with Crippen LogP contribution in [0.4, 0.5) is 0 Å². The third kappa shape index (κ3) is 2.77. The number of rotatable bonds is 2. The summed E-state index contributed by atoms with van der Waals surface area (Å²) in [6.07, 6.45) is 1.86. The summed E-state index contributed by atoms with van der Waals surface area (Å²) in [7, 11) is -0.351. The topological polar surface area (TPSA) is 31.4 Å². The quantitative estimate of drug-likeness (QED) is 0.607. The van der Waals surface area contributed by atoms with Crippen molar-refractivity contribution in [2.75, 3.05) is 0 Å². The van der Waals surface area contributed by atoms with Gasteiger partial charge in [0.05, 0.1) is 16.9 Å². The molecule has 1 aromatic rings. The highest BCUT2D eigenvalue weighted by Gasteiger charge is 2.49. The number of hydrogen-bond acceptors (Lipinski definition) is 3. The molecule has 0 unspecified atom stereocenters. The lowest BCUT2D eigenvalue weighted by molar-refractivity contribution is 0.00578. The molecule has 18 heavy (non-hydrogen) atoms. The predicted octanol–water partition coefficient (Wildman–Crippen LogP) is 3.38. The van der Waals surface area contributed by atoms with Crippen LogP contribution < -0.4 is 0 Å². The summed E-state index contributed by atoms with van der Waals surface area (Å²) in [5.41, 5.74) is 0.158. The van der Waals surface area contributed by atoms with Crippen LogP contribution in [-0.4, -0.2) is 23.3 Å². The Morgan fingerprint density at radius 2 is 1.78 bits per heavy atom. The zero-order valence-corrected chi connectivity index (χ0v) is 11.9. The van der Waals surface area contributed by atoms with E-state index in [9.17, 15) is 0 Å². The van der Waals surface area contributed by atoms with E-state index < -0.39 is 0 Å². The summed E-state index contributed by atoms with van der Waals surface area (Å²) in [5.74, 6) is 1.86. The van der Waals surface area contributed by atoms with Gasteiger partial charge in [0.1, 0.15) is 5.15 Å². The summed E-state index contributed by atoms with van der Waals surface area (Å²) in [4.78, 5) is 4.17. The van der Waals surface area contributed by atoms with Gasteiger partial charge in [-0.1, -0.05) is 23.6 Å². The molecule has 3 nitrogen and oxygen atoms in total. The molecule has 0 N–H and O–H groups in total. The highest BCUT2D eigenvalue weighted by Crippen LogP contribution is 2.36. The van der Waals surface area contributed by atoms with Gasteiger partial charge >= 0.3 is 7.12 Å². The van der Waals surface area contributed by atoms with Gasteiger partial charge in [0.2, 0.25) is 0 Å². The summed E-state index contributed by atoms with van der Waals surface area (Å²) in [5, 5.41) is 0.478. The SMILES string of the molecule is CC1(C)OB(/C=C/c2cccc(Cl)n2)OC1(C)C. The first-order chi connectivity index (χ1) is 8.30. The molecule has 0 atom stereocenters. The normalized spacial score (nSPS) is 21.7. The number of halogens is 1. The Morgan fingerprint density at radius 1 is 1.17 bits per heavy atom. The molecular weight excluding hydrogens is 248 g/mol. The fourth-order valence-corrected chi connectivity index (χ4v) is 1.83. The Labute approximate surface area is 113 Å². The molecule has 0 aromatic carbocycles. The highest BCUT2D eigenvalue weighted by atomic mass is 35.5. The first kappa shape index (κ1) is 13.6. The van der Waals surface area contributed by atoms with Crippen LogP contribution >= 0.6 is 11.6 Å². The highest BCUT2D eigenvalue weighted by molar-refractivity contribution is 6.52. The number of nitrogens with zero attached hydrogens (tertiary/aromatic N) is 1. The molecule has 5 heteroatoms. The second-order valence-corrected chi connectivity index (χ2v) is 5.76. The monoisotopic (exact) mass is 265 g/mol. The molecular formula is C13H17BClNO2. The smallest absolute Gasteiger partial charge is 0.400 e. The number of aromatic nitrogens is 1. The molecule has 0 spiro atoms. The number of pyridine rings is 1. The van der Waals surface area contributed by atoms with E-state index >= 15 is 0 Å². The van der Waals surface area contributed by atoms with Gasteiger partial charge in [-0.3, -0.25) is 0 Å². The maximum Gasteiger partial charge on any atom is 0.487 e.